The molecule has 174 valence electrons. The molecule has 1 unspecified atom stereocenters. The van der Waals surface area contributed by atoms with E-state index in [1.165, 1.54) is 0 Å². The van der Waals surface area contributed by atoms with E-state index in [4.69, 9.17) is 0 Å². The second-order valence-corrected chi connectivity index (χ2v) is 10.9. The second kappa shape index (κ2) is 6.81. The SMILES string of the molecule is Cc1ncc(C2=CCC3C(=C2)N(c2cc4c(nn2)N(C2CC2)C(=O)C4(C)C)C(=O)C3(C)C)cn1. The highest BCUT2D eigenvalue weighted by molar-refractivity contribution is 6.08. The fraction of sp³-hybridized carbons (Fsp3) is 0.462. The van der Waals surface area contributed by atoms with Gasteiger partial charge in [-0.3, -0.25) is 19.4 Å². The van der Waals surface area contributed by atoms with Crippen LogP contribution in [0.25, 0.3) is 5.57 Å². The van der Waals surface area contributed by atoms with Crippen LogP contribution in [0.1, 0.15) is 63.9 Å². The fourth-order valence-corrected chi connectivity index (χ4v) is 5.41. The van der Waals surface area contributed by atoms with Crippen LogP contribution in [0.2, 0.25) is 0 Å². The van der Waals surface area contributed by atoms with Crippen LogP contribution in [-0.2, 0) is 15.0 Å². The zero-order chi connectivity index (χ0) is 24.0. The van der Waals surface area contributed by atoms with Crippen LogP contribution in [0.4, 0.5) is 11.6 Å². The van der Waals surface area contributed by atoms with E-state index >= 15 is 0 Å². The number of carbonyl (C=O) groups is 2. The summed E-state index contributed by atoms with van der Waals surface area (Å²) in [6, 6.07) is 2.11. The van der Waals surface area contributed by atoms with Crippen molar-refractivity contribution < 1.29 is 9.59 Å². The van der Waals surface area contributed by atoms with Crippen molar-refractivity contribution >= 4 is 29.0 Å². The smallest absolute Gasteiger partial charge is 0.238 e. The summed E-state index contributed by atoms with van der Waals surface area (Å²) in [5.74, 6) is 1.92. The Hall–Kier alpha value is -3.42. The zero-order valence-electron chi connectivity index (χ0n) is 20.2. The molecule has 2 aromatic heterocycles. The van der Waals surface area contributed by atoms with E-state index in [2.05, 4.69) is 32.3 Å². The van der Waals surface area contributed by atoms with E-state index in [1.807, 2.05) is 58.0 Å². The minimum Gasteiger partial charge on any atom is -0.291 e. The number of carbonyl (C=O) groups excluding carboxylic acids is 2. The highest BCUT2D eigenvalue weighted by Gasteiger charge is 2.54. The lowest BCUT2D eigenvalue weighted by atomic mass is 9.75. The Morgan fingerprint density at radius 2 is 1.71 bits per heavy atom. The van der Waals surface area contributed by atoms with E-state index in [9.17, 15) is 9.59 Å². The number of fused-ring (bicyclic) bond motifs is 2. The van der Waals surface area contributed by atoms with Crippen molar-refractivity contribution in [1.29, 1.82) is 0 Å². The largest absolute Gasteiger partial charge is 0.291 e. The molecule has 2 aromatic rings. The van der Waals surface area contributed by atoms with Gasteiger partial charge in [-0.1, -0.05) is 19.9 Å². The van der Waals surface area contributed by atoms with Gasteiger partial charge in [0.05, 0.1) is 10.8 Å². The van der Waals surface area contributed by atoms with Crippen molar-refractivity contribution in [2.75, 3.05) is 9.80 Å². The van der Waals surface area contributed by atoms with Gasteiger partial charge in [0.1, 0.15) is 5.82 Å². The third kappa shape index (κ3) is 2.83. The van der Waals surface area contributed by atoms with Gasteiger partial charge in [0, 0.05) is 41.2 Å². The van der Waals surface area contributed by atoms with Crippen molar-refractivity contribution in [1.82, 2.24) is 20.2 Å². The normalized spacial score (nSPS) is 24.7. The summed E-state index contributed by atoms with van der Waals surface area (Å²) < 4.78 is 0. The topological polar surface area (TPSA) is 92.2 Å². The molecule has 8 heteroatoms. The number of hydrogen-bond donors (Lipinski definition) is 0. The average molecular weight is 457 g/mol. The van der Waals surface area contributed by atoms with Gasteiger partial charge >= 0.3 is 0 Å². The van der Waals surface area contributed by atoms with E-state index in [0.717, 1.165) is 47.5 Å². The number of rotatable bonds is 3. The van der Waals surface area contributed by atoms with E-state index in [1.54, 1.807) is 4.90 Å². The summed E-state index contributed by atoms with van der Waals surface area (Å²) in [7, 11) is 0. The molecule has 1 saturated carbocycles. The van der Waals surface area contributed by atoms with Gasteiger partial charge in [-0.25, -0.2) is 9.97 Å². The van der Waals surface area contributed by atoms with Crippen LogP contribution in [0.5, 0.6) is 0 Å². The van der Waals surface area contributed by atoms with Crippen LogP contribution in [-0.4, -0.2) is 38.0 Å². The maximum atomic E-state index is 13.7. The number of amides is 2. The van der Waals surface area contributed by atoms with Gasteiger partial charge in [0.25, 0.3) is 0 Å². The number of anilines is 2. The number of hydrogen-bond acceptors (Lipinski definition) is 6. The van der Waals surface area contributed by atoms with Crippen molar-refractivity contribution in [3.8, 4) is 0 Å². The molecule has 1 atom stereocenters. The quantitative estimate of drug-likeness (QED) is 0.699. The first-order chi connectivity index (χ1) is 16.1. The lowest BCUT2D eigenvalue weighted by Crippen LogP contribution is -2.37. The molecule has 0 radical (unpaired) electrons. The van der Waals surface area contributed by atoms with E-state index in [0.29, 0.717) is 11.6 Å². The zero-order valence-corrected chi connectivity index (χ0v) is 20.2. The molecule has 4 heterocycles. The van der Waals surface area contributed by atoms with E-state index in [-0.39, 0.29) is 23.8 Å². The Labute approximate surface area is 198 Å². The fourth-order valence-electron chi connectivity index (χ4n) is 5.41. The molecule has 0 spiro atoms. The molecule has 4 aliphatic rings. The minimum atomic E-state index is -0.703. The van der Waals surface area contributed by atoms with Gasteiger partial charge in [-0.15, -0.1) is 10.2 Å². The van der Waals surface area contributed by atoms with Gasteiger partial charge in [-0.05, 0) is 57.7 Å². The molecule has 0 bridgehead atoms. The van der Waals surface area contributed by atoms with Crippen molar-refractivity contribution in [3.63, 3.8) is 0 Å². The summed E-state index contributed by atoms with van der Waals surface area (Å²) in [6.07, 6.45) is 10.6. The van der Waals surface area contributed by atoms with Gasteiger partial charge in [0.15, 0.2) is 11.6 Å². The van der Waals surface area contributed by atoms with Crippen LogP contribution < -0.4 is 9.80 Å². The molecule has 1 saturated heterocycles. The first-order valence-electron chi connectivity index (χ1n) is 11.9. The number of nitrogens with zero attached hydrogens (tertiary/aromatic N) is 6. The molecular weight excluding hydrogens is 428 g/mol. The highest BCUT2D eigenvalue weighted by atomic mass is 16.2. The van der Waals surface area contributed by atoms with Gasteiger partial charge < -0.3 is 0 Å². The Balaban J connectivity index is 1.45. The summed E-state index contributed by atoms with van der Waals surface area (Å²) in [5, 5.41) is 8.98. The maximum Gasteiger partial charge on any atom is 0.238 e. The molecule has 2 aliphatic heterocycles. The molecular formula is C26H28N6O2. The van der Waals surface area contributed by atoms with Crippen molar-refractivity contribution in [3.05, 3.63) is 53.3 Å². The summed E-state index contributed by atoms with van der Waals surface area (Å²) in [5.41, 5.74) is 2.37. The lowest BCUT2D eigenvalue weighted by Gasteiger charge is -2.26. The lowest BCUT2D eigenvalue weighted by molar-refractivity contribution is -0.125. The van der Waals surface area contributed by atoms with Gasteiger partial charge in [0.2, 0.25) is 11.8 Å². The van der Waals surface area contributed by atoms with Gasteiger partial charge in [-0.2, -0.15) is 0 Å². The minimum absolute atomic E-state index is 0.00557. The second-order valence-electron chi connectivity index (χ2n) is 10.9. The molecule has 0 N–H and O–H groups in total. The molecule has 2 aliphatic carbocycles. The third-order valence-corrected chi connectivity index (χ3v) is 7.79. The molecule has 0 aromatic carbocycles. The van der Waals surface area contributed by atoms with Crippen LogP contribution in [0.15, 0.2) is 36.3 Å². The van der Waals surface area contributed by atoms with Crippen LogP contribution in [0.3, 0.4) is 0 Å². The number of aryl methyl sites for hydroxylation is 1. The predicted molar refractivity (Wildman–Crippen MR) is 128 cm³/mol. The van der Waals surface area contributed by atoms with E-state index < -0.39 is 10.8 Å². The third-order valence-electron chi connectivity index (χ3n) is 7.79. The van der Waals surface area contributed by atoms with Crippen LogP contribution in [0, 0.1) is 18.3 Å². The molecule has 8 nitrogen and oxygen atoms in total. The monoisotopic (exact) mass is 456 g/mol. The Morgan fingerprint density at radius 1 is 1.00 bits per heavy atom. The first-order valence-corrected chi connectivity index (χ1v) is 11.9. The standard InChI is InChI=1S/C26H28N6O2/c1-14-27-12-16(13-28-14)15-6-9-18-20(10-15)32(24(34)25(18,2)3)21-11-19-22(30-29-21)31(17-7-8-17)23(33)26(19,4)5/h6,10-13,17-18H,7-9H2,1-5H3. The molecule has 2 fully saturated rings. The molecule has 6 rings (SSSR count). The predicted octanol–water partition coefficient (Wildman–Crippen LogP) is 3.72. The maximum absolute atomic E-state index is 13.7. The summed E-state index contributed by atoms with van der Waals surface area (Å²) in [6.45, 7) is 9.70. The summed E-state index contributed by atoms with van der Waals surface area (Å²) >= 11 is 0. The van der Waals surface area contributed by atoms with Crippen LogP contribution >= 0.6 is 0 Å². The molecule has 34 heavy (non-hydrogen) atoms. The van der Waals surface area contributed by atoms with Crippen molar-refractivity contribution in [2.45, 2.75) is 65.3 Å². The Kier molecular flexibility index (Phi) is 4.23. The highest BCUT2D eigenvalue weighted by Crippen LogP contribution is 2.51. The first kappa shape index (κ1) is 21.1. The Bertz CT molecular complexity index is 1300. The average Bonchev–Trinajstić information content (AvgIpc) is 3.59. The summed E-state index contributed by atoms with van der Waals surface area (Å²) in [4.78, 5) is 39.0. The Morgan fingerprint density at radius 3 is 2.38 bits per heavy atom. The van der Waals surface area contributed by atoms with Crippen molar-refractivity contribution in [2.24, 2.45) is 11.3 Å². The number of allylic oxidation sites excluding steroid dienone is 4. The molecule has 2 amide bonds. The number of aromatic nitrogens is 4.